The lowest BCUT2D eigenvalue weighted by molar-refractivity contribution is -0.116. The lowest BCUT2D eigenvalue weighted by atomic mass is 9.86. The van der Waals surface area contributed by atoms with Crippen LogP contribution in [0, 0.1) is 0 Å². The second-order valence-corrected chi connectivity index (χ2v) is 10.7. The fourth-order valence-corrected chi connectivity index (χ4v) is 5.72. The van der Waals surface area contributed by atoms with Crippen LogP contribution >= 0.6 is 22.9 Å². The zero-order valence-electron chi connectivity index (χ0n) is 17.0. The van der Waals surface area contributed by atoms with Crippen molar-refractivity contribution in [3.8, 4) is 0 Å². The number of hydrogen-bond donors (Lipinski definition) is 4. The first kappa shape index (κ1) is 22.8. The van der Waals surface area contributed by atoms with Crippen molar-refractivity contribution in [1.29, 1.82) is 0 Å². The van der Waals surface area contributed by atoms with Gasteiger partial charge in [-0.3, -0.25) is 9.59 Å². The Morgan fingerprint density at radius 3 is 2.36 bits per heavy atom. The quantitative estimate of drug-likeness (QED) is 0.390. The number of amides is 3. The zero-order chi connectivity index (χ0) is 23.8. The van der Waals surface area contributed by atoms with Gasteiger partial charge in [-0.25, -0.2) is 17.9 Å². The zero-order valence-corrected chi connectivity index (χ0v) is 19.4. The highest BCUT2D eigenvalue weighted by Crippen LogP contribution is 2.33. The first-order valence-corrected chi connectivity index (χ1v) is 12.2. The highest BCUT2D eigenvalue weighted by atomic mass is 35.5. The lowest BCUT2D eigenvalue weighted by Crippen LogP contribution is -2.34. The molecule has 1 aromatic heterocycles. The van der Waals surface area contributed by atoms with Gasteiger partial charge in [0.2, 0.25) is 5.91 Å². The van der Waals surface area contributed by atoms with Gasteiger partial charge < -0.3 is 16.0 Å². The molecule has 3 aromatic rings. The van der Waals surface area contributed by atoms with Crippen molar-refractivity contribution in [2.75, 3.05) is 23.0 Å². The summed E-state index contributed by atoms with van der Waals surface area (Å²) in [5.74, 6) is -1.83. The number of Topliss-reactive ketones (excluding diaryl/α,β-unsaturated/α-hetero) is 1. The molecule has 0 fully saturated rings. The summed E-state index contributed by atoms with van der Waals surface area (Å²) in [6.45, 7) is 0. The number of hydrogen-bond acceptors (Lipinski definition) is 7. The summed E-state index contributed by atoms with van der Waals surface area (Å²) in [4.78, 5) is 37.7. The van der Waals surface area contributed by atoms with Crippen LogP contribution in [-0.4, -0.2) is 33.2 Å². The molecule has 33 heavy (non-hydrogen) atoms. The minimum absolute atomic E-state index is 0.0954. The Labute approximate surface area is 198 Å². The van der Waals surface area contributed by atoms with Gasteiger partial charge in [0, 0.05) is 24.0 Å². The van der Waals surface area contributed by atoms with E-state index < -0.39 is 27.9 Å². The molecule has 4 N–H and O–H groups in total. The molecular formula is C21H17ClN4O5S2. The van der Waals surface area contributed by atoms with Crippen molar-refractivity contribution in [2.45, 2.75) is 10.1 Å². The average molecular weight is 505 g/mol. The van der Waals surface area contributed by atoms with Gasteiger partial charge in [0.15, 0.2) is 5.78 Å². The van der Waals surface area contributed by atoms with Gasteiger partial charge in [-0.05, 0) is 48.0 Å². The van der Waals surface area contributed by atoms with Gasteiger partial charge in [0.25, 0.3) is 10.0 Å². The highest BCUT2D eigenvalue weighted by Gasteiger charge is 2.35. The standard InChI is InChI=1S/C21H17ClN4O5S2/c1-23-13-6-7-14-15(10-13)25-20(28)18(19(14)27)11-2-4-12(5-3-11)24-21(29)26-33(30,31)17-9-8-16(22)32-17/h2-10,18,23H,1H3,(H,25,28)(H2,24,26,29). The van der Waals surface area contributed by atoms with Crippen LogP contribution in [0.15, 0.2) is 58.8 Å². The van der Waals surface area contributed by atoms with Gasteiger partial charge in [-0.15, -0.1) is 11.3 Å². The fourth-order valence-electron chi connectivity index (χ4n) is 3.33. The average Bonchev–Trinajstić information content (AvgIpc) is 3.21. The Morgan fingerprint density at radius 1 is 1.03 bits per heavy atom. The maximum atomic E-state index is 12.9. The number of thiophene rings is 1. The molecule has 0 bridgehead atoms. The van der Waals surface area contributed by atoms with Gasteiger partial charge >= 0.3 is 6.03 Å². The van der Waals surface area contributed by atoms with E-state index in [4.69, 9.17) is 11.6 Å². The van der Waals surface area contributed by atoms with E-state index in [9.17, 15) is 22.8 Å². The monoisotopic (exact) mass is 504 g/mol. The molecule has 1 atom stereocenters. The number of ketones is 1. The van der Waals surface area contributed by atoms with Crippen molar-refractivity contribution < 1.29 is 22.8 Å². The second-order valence-electron chi connectivity index (χ2n) is 7.04. The number of fused-ring (bicyclic) bond motifs is 1. The van der Waals surface area contributed by atoms with Crippen molar-refractivity contribution in [1.82, 2.24) is 4.72 Å². The highest BCUT2D eigenvalue weighted by molar-refractivity contribution is 7.92. The largest absolute Gasteiger partial charge is 0.388 e. The van der Waals surface area contributed by atoms with E-state index in [1.165, 1.54) is 36.4 Å². The smallest absolute Gasteiger partial charge is 0.333 e. The molecule has 12 heteroatoms. The van der Waals surface area contributed by atoms with Gasteiger partial charge in [0.1, 0.15) is 10.1 Å². The van der Waals surface area contributed by atoms with Gasteiger partial charge in [-0.1, -0.05) is 23.7 Å². The van der Waals surface area contributed by atoms with E-state index in [0.717, 1.165) is 17.0 Å². The van der Waals surface area contributed by atoms with Crippen molar-refractivity contribution in [3.63, 3.8) is 0 Å². The molecule has 170 valence electrons. The summed E-state index contributed by atoms with van der Waals surface area (Å²) >= 11 is 6.56. The van der Waals surface area contributed by atoms with Crippen LogP contribution in [0.4, 0.5) is 21.9 Å². The van der Waals surface area contributed by atoms with Crippen LogP contribution < -0.4 is 20.7 Å². The number of carbonyl (C=O) groups is 3. The number of halogens is 1. The number of benzene rings is 2. The fraction of sp³-hybridized carbons (Fsp3) is 0.0952. The summed E-state index contributed by atoms with van der Waals surface area (Å²) in [6, 6.07) is 12.8. The molecule has 1 aliphatic rings. The number of nitrogens with one attached hydrogen (secondary N) is 4. The SMILES string of the molecule is CNc1ccc2c(c1)NC(=O)C(c1ccc(NC(=O)NS(=O)(=O)c3ccc(Cl)s3)cc1)C2=O. The van der Waals surface area contributed by atoms with Gasteiger partial charge in [0.05, 0.1) is 10.0 Å². The maximum Gasteiger partial charge on any atom is 0.333 e. The van der Waals surface area contributed by atoms with Crippen molar-refractivity contribution >= 4 is 67.7 Å². The molecule has 9 nitrogen and oxygen atoms in total. The van der Waals surface area contributed by atoms with Crippen LogP contribution in [0.2, 0.25) is 4.34 Å². The first-order chi connectivity index (χ1) is 15.7. The van der Waals surface area contributed by atoms with Crippen LogP contribution in [0.1, 0.15) is 21.8 Å². The normalized spacial score (nSPS) is 15.4. The van der Waals surface area contributed by atoms with E-state index in [0.29, 0.717) is 16.8 Å². The third-order valence-corrected chi connectivity index (χ3v) is 7.95. The van der Waals surface area contributed by atoms with E-state index in [-0.39, 0.29) is 20.0 Å². The van der Waals surface area contributed by atoms with E-state index in [1.54, 1.807) is 25.2 Å². The predicted molar refractivity (Wildman–Crippen MR) is 127 cm³/mol. The Kier molecular flexibility index (Phi) is 6.11. The molecule has 1 unspecified atom stereocenters. The number of carbonyl (C=O) groups excluding carboxylic acids is 3. The number of anilines is 3. The second kappa shape index (κ2) is 8.85. The minimum Gasteiger partial charge on any atom is -0.388 e. The summed E-state index contributed by atoms with van der Waals surface area (Å²) in [5, 5.41) is 8.10. The maximum absolute atomic E-state index is 12.9. The molecule has 2 aromatic carbocycles. The molecule has 2 heterocycles. The van der Waals surface area contributed by atoms with E-state index >= 15 is 0 Å². The Hall–Kier alpha value is -3.41. The number of rotatable bonds is 5. The predicted octanol–water partition coefficient (Wildman–Crippen LogP) is 3.87. The van der Waals surface area contributed by atoms with E-state index in [2.05, 4.69) is 16.0 Å². The van der Waals surface area contributed by atoms with E-state index in [1.807, 2.05) is 4.72 Å². The van der Waals surface area contributed by atoms with Crippen LogP contribution in [0.3, 0.4) is 0 Å². The van der Waals surface area contributed by atoms with Crippen molar-refractivity contribution in [2.24, 2.45) is 0 Å². The third kappa shape index (κ3) is 4.70. The summed E-state index contributed by atoms with van der Waals surface area (Å²) in [5.41, 5.74) is 2.32. The summed E-state index contributed by atoms with van der Waals surface area (Å²) in [7, 11) is -2.33. The molecule has 0 saturated heterocycles. The lowest BCUT2D eigenvalue weighted by Gasteiger charge is -2.24. The molecular weight excluding hydrogens is 488 g/mol. The van der Waals surface area contributed by atoms with Gasteiger partial charge in [-0.2, -0.15) is 0 Å². The third-order valence-electron chi connectivity index (χ3n) is 4.90. The number of urea groups is 1. The molecule has 1 aliphatic heterocycles. The molecule has 0 aliphatic carbocycles. The summed E-state index contributed by atoms with van der Waals surface area (Å²) < 4.78 is 26.5. The topological polar surface area (TPSA) is 133 Å². The Morgan fingerprint density at radius 2 is 1.73 bits per heavy atom. The molecule has 0 saturated carbocycles. The molecule has 4 rings (SSSR count). The minimum atomic E-state index is -4.06. The molecule has 0 spiro atoms. The summed E-state index contributed by atoms with van der Waals surface area (Å²) in [6.07, 6.45) is 0. The molecule has 0 radical (unpaired) electrons. The Balaban J connectivity index is 1.47. The van der Waals surface area contributed by atoms with Crippen LogP contribution in [0.5, 0.6) is 0 Å². The Bertz CT molecular complexity index is 1370. The molecule has 3 amide bonds. The number of sulfonamides is 1. The van der Waals surface area contributed by atoms with Crippen LogP contribution in [-0.2, 0) is 14.8 Å². The van der Waals surface area contributed by atoms with Crippen molar-refractivity contribution in [3.05, 3.63) is 70.1 Å². The first-order valence-electron chi connectivity index (χ1n) is 9.54. The van der Waals surface area contributed by atoms with Crippen LogP contribution in [0.25, 0.3) is 0 Å².